The van der Waals surface area contributed by atoms with Crippen molar-refractivity contribution in [3.8, 4) is 27.9 Å². The first-order chi connectivity index (χ1) is 22.3. The molecule has 0 aliphatic carbocycles. The summed E-state index contributed by atoms with van der Waals surface area (Å²) in [5, 5.41) is 2.45. The number of benzene rings is 7. The van der Waals surface area contributed by atoms with Gasteiger partial charge in [0.05, 0.1) is 22.4 Å². The van der Waals surface area contributed by atoms with E-state index in [4.69, 9.17) is 0 Å². The van der Waals surface area contributed by atoms with Gasteiger partial charge in [-0.2, -0.15) is 0 Å². The molecule has 0 atom stereocenters. The second kappa shape index (κ2) is 11.3. The van der Waals surface area contributed by atoms with Gasteiger partial charge in [-0.3, -0.25) is 0 Å². The summed E-state index contributed by atoms with van der Waals surface area (Å²) in [5.74, 6) is 0. The molecule has 0 aliphatic heterocycles. The Morgan fingerprint density at radius 1 is 0.444 bits per heavy atom. The lowest BCUT2D eigenvalue weighted by molar-refractivity contribution is 1.18. The smallest absolute Gasteiger partial charge is 0.0562 e. The SMILES string of the molecule is Cc1ccc(-c2ccccc2)c(N(c2ccc(-c3ccccc3)cc2)c2cccc3c2c2ccccc2n3-c2ccccc2)c1. The lowest BCUT2D eigenvalue weighted by Crippen LogP contribution is -2.12. The molecule has 2 heteroatoms. The Labute approximate surface area is 264 Å². The van der Waals surface area contributed by atoms with E-state index in [1.165, 1.54) is 49.6 Å². The number of aromatic nitrogens is 1. The lowest BCUT2D eigenvalue weighted by atomic mass is 9.98. The highest BCUT2D eigenvalue weighted by Gasteiger charge is 2.23. The fourth-order valence-electron chi connectivity index (χ4n) is 6.57. The third kappa shape index (κ3) is 4.77. The molecule has 0 N–H and O–H groups in total. The molecule has 1 aromatic heterocycles. The Bertz CT molecular complexity index is 2250. The molecule has 0 spiro atoms. The van der Waals surface area contributed by atoms with Gasteiger partial charge in [-0.25, -0.2) is 0 Å². The molecule has 7 aromatic carbocycles. The van der Waals surface area contributed by atoms with Crippen LogP contribution < -0.4 is 4.90 Å². The molecule has 0 bridgehead atoms. The average molecular weight is 577 g/mol. The van der Waals surface area contributed by atoms with Crippen molar-refractivity contribution in [1.29, 1.82) is 0 Å². The predicted molar refractivity (Wildman–Crippen MR) is 191 cm³/mol. The van der Waals surface area contributed by atoms with Crippen molar-refractivity contribution in [2.45, 2.75) is 6.92 Å². The maximum Gasteiger partial charge on any atom is 0.0562 e. The van der Waals surface area contributed by atoms with Crippen LogP contribution in [0, 0.1) is 6.92 Å². The molecule has 0 amide bonds. The fourth-order valence-corrected chi connectivity index (χ4v) is 6.57. The van der Waals surface area contributed by atoms with E-state index in [1.54, 1.807) is 0 Å². The summed E-state index contributed by atoms with van der Waals surface area (Å²) in [6.45, 7) is 2.18. The van der Waals surface area contributed by atoms with E-state index in [9.17, 15) is 0 Å². The van der Waals surface area contributed by atoms with Crippen LogP contribution in [-0.2, 0) is 0 Å². The predicted octanol–water partition coefficient (Wildman–Crippen LogP) is 11.9. The van der Waals surface area contributed by atoms with E-state index in [0.29, 0.717) is 0 Å². The van der Waals surface area contributed by atoms with Gasteiger partial charge in [0.25, 0.3) is 0 Å². The summed E-state index contributed by atoms with van der Waals surface area (Å²) in [6, 6.07) is 63.2. The van der Waals surface area contributed by atoms with Crippen LogP contribution in [0.1, 0.15) is 5.56 Å². The van der Waals surface area contributed by atoms with Crippen LogP contribution in [0.25, 0.3) is 49.7 Å². The Hall–Kier alpha value is -5.86. The first kappa shape index (κ1) is 26.7. The molecule has 0 unspecified atom stereocenters. The number of anilines is 3. The normalized spacial score (nSPS) is 11.2. The molecule has 214 valence electrons. The zero-order valence-electron chi connectivity index (χ0n) is 25.1. The summed E-state index contributed by atoms with van der Waals surface area (Å²) in [7, 11) is 0. The van der Waals surface area contributed by atoms with Crippen molar-refractivity contribution in [2.75, 3.05) is 4.90 Å². The molecule has 0 radical (unpaired) electrons. The number of nitrogens with zero attached hydrogens (tertiary/aromatic N) is 2. The average Bonchev–Trinajstić information content (AvgIpc) is 3.45. The number of fused-ring (bicyclic) bond motifs is 3. The van der Waals surface area contributed by atoms with Crippen molar-refractivity contribution in [1.82, 2.24) is 4.57 Å². The highest BCUT2D eigenvalue weighted by atomic mass is 15.2. The van der Waals surface area contributed by atoms with Crippen LogP contribution in [-0.4, -0.2) is 4.57 Å². The molecule has 45 heavy (non-hydrogen) atoms. The fraction of sp³-hybridized carbons (Fsp3) is 0.0233. The van der Waals surface area contributed by atoms with Gasteiger partial charge in [0.15, 0.2) is 0 Å². The molecular formula is C43H32N2. The van der Waals surface area contributed by atoms with Crippen LogP contribution in [0.3, 0.4) is 0 Å². The quantitative estimate of drug-likeness (QED) is 0.191. The van der Waals surface area contributed by atoms with Gasteiger partial charge in [0.1, 0.15) is 0 Å². The van der Waals surface area contributed by atoms with E-state index < -0.39 is 0 Å². The van der Waals surface area contributed by atoms with Crippen molar-refractivity contribution >= 4 is 38.9 Å². The van der Waals surface area contributed by atoms with Crippen LogP contribution in [0.15, 0.2) is 176 Å². The third-order valence-corrected chi connectivity index (χ3v) is 8.64. The minimum absolute atomic E-state index is 1.11. The van der Waals surface area contributed by atoms with E-state index in [1.807, 2.05) is 0 Å². The molecule has 2 nitrogen and oxygen atoms in total. The highest BCUT2D eigenvalue weighted by Crippen LogP contribution is 2.46. The van der Waals surface area contributed by atoms with Crippen LogP contribution in [0.2, 0.25) is 0 Å². The lowest BCUT2D eigenvalue weighted by Gasteiger charge is -2.29. The van der Waals surface area contributed by atoms with Gasteiger partial charge < -0.3 is 9.47 Å². The number of para-hydroxylation sites is 2. The first-order valence-corrected chi connectivity index (χ1v) is 15.5. The topological polar surface area (TPSA) is 8.17 Å². The second-order valence-electron chi connectivity index (χ2n) is 11.5. The standard InChI is InChI=1S/C43H32N2/c1-31-24-29-37(34-16-7-3-8-17-34)42(30-31)45(36-27-25-33(26-28-36)32-14-5-2-6-15-32)41-23-13-22-40-43(41)38-20-11-12-21-39(38)44(40)35-18-9-4-10-19-35/h2-30H,1H3. The van der Waals surface area contributed by atoms with E-state index in [-0.39, 0.29) is 0 Å². The van der Waals surface area contributed by atoms with E-state index >= 15 is 0 Å². The summed E-state index contributed by atoms with van der Waals surface area (Å²) >= 11 is 0. The largest absolute Gasteiger partial charge is 0.309 e. The minimum atomic E-state index is 1.11. The molecule has 0 saturated carbocycles. The van der Waals surface area contributed by atoms with Crippen molar-refractivity contribution in [3.05, 3.63) is 181 Å². The van der Waals surface area contributed by atoms with Gasteiger partial charge in [-0.05, 0) is 77.7 Å². The van der Waals surface area contributed by atoms with Crippen LogP contribution >= 0.6 is 0 Å². The maximum absolute atomic E-state index is 2.45. The van der Waals surface area contributed by atoms with E-state index in [2.05, 4.69) is 192 Å². The molecular weight excluding hydrogens is 544 g/mol. The zero-order chi connectivity index (χ0) is 30.2. The monoisotopic (exact) mass is 576 g/mol. The molecule has 0 aliphatic rings. The number of rotatable bonds is 6. The first-order valence-electron chi connectivity index (χ1n) is 15.5. The van der Waals surface area contributed by atoms with Gasteiger partial charge >= 0.3 is 0 Å². The van der Waals surface area contributed by atoms with Crippen molar-refractivity contribution < 1.29 is 0 Å². The number of hydrogen-bond donors (Lipinski definition) is 0. The van der Waals surface area contributed by atoms with E-state index in [0.717, 1.165) is 22.7 Å². The number of hydrogen-bond acceptors (Lipinski definition) is 1. The Kier molecular flexibility index (Phi) is 6.73. The van der Waals surface area contributed by atoms with Gasteiger partial charge in [-0.15, -0.1) is 0 Å². The summed E-state index contributed by atoms with van der Waals surface area (Å²) < 4.78 is 2.39. The second-order valence-corrected chi connectivity index (χ2v) is 11.5. The minimum Gasteiger partial charge on any atom is -0.309 e. The highest BCUT2D eigenvalue weighted by molar-refractivity contribution is 6.17. The van der Waals surface area contributed by atoms with Crippen LogP contribution in [0.4, 0.5) is 17.1 Å². The maximum atomic E-state index is 2.45. The number of aryl methyl sites for hydroxylation is 1. The molecule has 0 saturated heterocycles. The summed E-state index contributed by atoms with van der Waals surface area (Å²) in [6.07, 6.45) is 0. The molecule has 8 aromatic rings. The summed E-state index contributed by atoms with van der Waals surface area (Å²) in [4.78, 5) is 2.45. The van der Waals surface area contributed by atoms with Gasteiger partial charge in [0.2, 0.25) is 0 Å². The molecule has 1 heterocycles. The third-order valence-electron chi connectivity index (χ3n) is 8.64. The molecule has 0 fully saturated rings. The van der Waals surface area contributed by atoms with Crippen molar-refractivity contribution in [2.24, 2.45) is 0 Å². The van der Waals surface area contributed by atoms with Gasteiger partial charge in [0, 0.05) is 27.7 Å². The van der Waals surface area contributed by atoms with Crippen LogP contribution in [0.5, 0.6) is 0 Å². The zero-order valence-corrected chi connectivity index (χ0v) is 25.1. The Morgan fingerprint density at radius 3 is 1.78 bits per heavy atom. The Balaban J connectivity index is 1.43. The Morgan fingerprint density at radius 2 is 1.04 bits per heavy atom. The molecule has 8 rings (SSSR count). The summed E-state index contributed by atoms with van der Waals surface area (Å²) in [5.41, 5.74) is 12.9. The van der Waals surface area contributed by atoms with Crippen molar-refractivity contribution in [3.63, 3.8) is 0 Å². The van der Waals surface area contributed by atoms with Gasteiger partial charge in [-0.1, -0.05) is 127 Å².